The predicted octanol–water partition coefficient (Wildman–Crippen LogP) is 2.46. The molecule has 2 heterocycles. The van der Waals surface area contributed by atoms with Crippen LogP contribution in [-0.2, 0) is 6.42 Å². The minimum Gasteiger partial charge on any atom is -0.306 e. The molecule has 0 amide bonds. The number of halogens is 1. The van der Waals surface area contributed by atoms with E-state index in [2.05, 4.69) is 16.4 Å². The summed E-state index contributed by atoms with van der Waals surface area (Å²) in [6, 6.07) is 8.85. The third-order valence-corrected chi connectivity index (χ3v) is 3.20. The second-order valence-corrected chi connectivity index (χ2v) is 4.26. The van der Waals surface area contributed by atoms with E-state index < -0.39 is 0 Å². The molecule has 1 unspecified atom stereocenters. The number of rotatable bonds is 1. The molecule has 1 aliphatic rings. The molecule has 1 aromatic heterocycles. The van der Waals surface area contributed by atoms with Gasteiger partial charge in [-0.1, -0.05) is 12.1 Å². The van der Waals surface area contributed by atoms with E-state index in [0.717, 1.165) is 18.5 Å². The Hall–Kier alpha value is -1.74. The van der Waals surface area contributed by atoms with Crippen LogP contribution in [0.3, 0.4) is 0 Å². The van der Waals surface area contributed by atoms with Crippen LogP contribution < -0.4 is 5.32 Å². The first kappa shape index (κ1) is 10.4. The minimum absolute atomic E-state index is 0.132. The Morgan fingerprint density at radius 3 is 2.82 bits per heavy atom. The lowest BCUT2D eigenvalue weighted by atomic mass is 9.91. The second kappa shape index (κ2) is 4.26. The van der Waals surface area contributed by atoms with Crippen molar-refractivity contribution in [2.45, 2.75) is 12.5 Å². The van der Waals surface area contributed by atoms with Gasteiger partial charge in [-0.05, 0) is 41.3 Å². The maximum atomic E-state index is 12.9. The summed E-state index contributed by atoms with van der Waals surface area (Å²) in [5.41, 5.74) is 3.61. The molecule has 1 aliphatic heterocycles. The first-order chi connectivity index (χ1) is 8.34. The number of pyridine rings is 1. The van der Waals surface area contributed by atoms with Crippen LogP contribution in [-0.4, -0.2) is 11.5 Å². The van der Waals surface area contributed by atoms with Gasteiger partial charge in [0.15, 0.2) is 0 Å². The zero-order chi connectivity index (χ0) is 11.7. The van der Waals surface area contributed by atoms with Crippen molar-refractivity contribution in [1.29, 1.82) is 0 Å². The van der Waals surface area contributed by atoms with Crippen LogP contribution in [0.5, 0.6) is 0 Å². The van der Waals surface area contributed by atoms with E-state index in [1.807, 2.05) is 24.5 Å². The van der Waals surface area contributed by atoms with Gasteiger partial charge in [0.2, 0.25) is 0 Å². The Kier molecular flexibility index (Phi) is 2.61. The van der Waals surface area contributed by atoms with Crippen molar-refractivity contribution in [1.82, 2.24) is 10.3 Å². The fourth-order valence-electron chi connectivity index (χ4n) is 2.34. The van der Waals surface area contributed by atoms with E-state index in [1.165, 1.54) is 23.3 Å². The van der Waals surface area contributed by atoms with Gasteiger partial charge < -0.3 is 5.32 Å². The Labute approximate surface area is 99.5 Å². The molecule has 0 saturated heterocycles. The van der Waals surface area contributed by atoms with Crippen molar-refractivity contribution in [3.05, 3.63) is 65.2 Å². The van der Waals surface area contributed by atoms with Gasteiger partial charge in [-0.3, -0.25) is 4.98 Å². The molecule has 0 aliphatic carbocycles. The smallest absolute Gasteiger partial charge is 0.123 e. The highest BCUT2D eigenvalue weighted by atomic mass is 19.1. The Balaban J connectivity index is 2.03. The van der Waals surface area contributed by atoms with E-state index in [1.54, 1.807) is 0 Å². The third kappa shape index (κ3) is 1.94. The van der Waals surface area contributed by atoms with Gasteiger partial charge in [0, 0.05) is 18.9 Å². The molecule has 0 bridgehead atoms. The number of benzene rings is 1. The van der Waals surface area contributed by atoms with Crippen molar-refractivity contribution in [3.8, 4) is 0 Å². The van der Waals surface area contributed by atoms with E-state index >= 15 is 0 Å². The summed E-state index contributed by atoms with van der Waals surface area (Å²) in [5, 5.41) is 3.45. The SMILES string of the molecule is Fc1ccc(C2NCCc3ccncc32)cc1. The average molecular weight is 228 g/mol. The monoisotopic (exact) mass is 228 g/mol. The number of fused-ring (bicyclic) bond motifs is 1. The standard InChI is InChI=1S/C14H13FN2/c15-12-3-1-11(2-4-12)14-13-9-16-7-5-10(13)6-8-17-14/h1-5,7,9,14,17H,6,8H2. The lowest BCUT2D eigenvalue weighted by Gasteiger charge is -2.26. The number of hydrogen-bond acceptors (Lipinski definition) is 2. The predicted molar refractivity (Wildman–Crippen MR) is 64.2 cm³/mol. The molecule has 86 valence electrons. The zero-order valence-electron chi connectivity index (χ0n) is 9.36. The molecule has 1 N–H and O–H groups in total. The topological polar surface area (TPSA) is 24.9 Å². The Bertz CT molecular complexity index is 522. The number of nitrogens with one attached hydrogen (secondary N) is 1. The molecule has 3 rings (SSSR count). The first-order valence-corrected chi connectivity index (χ1v) is 5.76. The molecular formula is C14H13FN2. The fourth-order valence-corrected chi connectivity index (χ4v) is 2.34. The summed E-state index contributed by atoms with van der Waals surface area (Å²) in [5.74, 6) is -0.198. The summed E-state index contributed by atoms with van der Waals surface area (Å²) < 4.78 is 12.9. The lowest BCUT2D eigenvalue weighted by Crippen LogP contribution is -2.30. The molecule has 1 atom stereocenters. The maximum absolute atomic E-state index is 12.9. The van der Waals surface area contributed by atoms with Gasteiger partial charge in [0.05, 0.1) is 6.04 Å². The van der Waals surface area contributed by atoms with Crippen LogP contribution in [0.4, 0.5) is 4.39 Å². The molecule has 2 aromatic rings. The molecule has 0 spiro atoms. The number of hydrogen-bond donors (Lipinski definition) is 1. The molecule has 1 aromatic carbocycles. The normalized spacial score (nSPS) is 18.8. The Morgan fingerprint density at radius 1 is 1.18 bits per heavy atom. The quantitative estimate of drug-likeness (QED) is 0.811. The minimum atomic E-state index is -0.198. The van der Waals surface area contributed by atoms with Gasteiger partial charge in [-0.15, -0.1) is 0 Å². The highest BCUT2D eigenvalue weighted by Crippen LogP contribution is 2.27. The summed E-state index contributed by atoms with van der Waals surface area (Å²) >= 11 is 0. The van der Waals surface area contributed by atoms with Crippen molar-refractivity contribution >= 4 is 0 Å². The van der Waals surface area contributed by atoms with E-state index in [9.17, 15) is 4.39 Å². The van der Waals surface area contributed by atoms with Crippen LogP contribution >= 0.6 is 0 Å². The highest BCUT2D eigenvalue weighted by Gasteiger charge is 2.20. The Morgan fingerprint density at radius 2 is 2.00 bits per heavy atom. The summed E-state index contributed by atoms with van der Waals surface area (Å²) in [7, 11) is 0. The van der Waals surface area contributed by atoms with Crippen molar-refractivity contribution in [3.63, 3.8) is 0 Å². The number of aromatic nitrogens is 1. The highest BCUT2D eigenvalue weighted by molar-refractivity contribution is 5.37. The zero-order valence-corrected chi connectivity index (χ0v) is 9.36. The van der Waals surface area contributed by atoms with Gasteiger partial charge in [0.1, 0.15) is 5.82 Å². The molecule has 0 fully saturated rings. The van der Waals surface area contributed by atoms with Crippen LogP contribution in [0, 0.1) is 5.82 Å². The van der Waals surface area contributed by atoms with E-state index in [4.69, 9.17) is 0 Å². The third-order valence-electron chi connectivity index (χ3n) is 3.20. The van der Waals surface area contributed by atoms with E-state index in [-0.39, 0.29) is 11.9 Å². The van der Waals surface area contributed by atoms with Crippen molar-refractivity contribution in [2.24, 2.45) is 0 Å². The molecular weight excluding hydrogens is 215 g/mol. The second-order valence-electron chi connectivity index (χ2n) is 4.26. The first-order valence-electron chi connectivity index (χ1n) is 5.76. The largest absolute Gasteiger partial charge is 0.306 e. The van der Waals surface area contributed by atoms with Gasteiger partial charge >= 0.3 is 0 Å². The summed E-state index contributed by atoms with van der Waals surface area (Å²) in [4.78, 5) is 4.18. The number of nitrogens with zero attached hydrogens (tertiary/aromatic N) is 1. The van der Waals surface area contributed by atoms with Gasteiger partial charge in [-0.2, -0.15) is 0 Å². The fraction of sp³-hybridized carbons (Fsp3) is 0.214. The van der Waals surface area contributed by atoms with Crippen molar-refractivity contribution in [2.75, 3.05) is 6.54 Å². The van der Waals surface area contributed by atoms with Crippen LogP contribution in [0.25, 0.3) is 0 Å². The van der Waals surface area contributed by atoms with Crippen LogP contribution in [0.15, 0.2) is 42.7 Å². The molecule has 3 heteroatoms. The molecule has 17 heavy (non-hydrogen) atoms. The summed E-state index contributed by atoms with van der Waals surface area (Å²) in [6.45, 7) is 0.944. The average Bonchev–Trinajstić information content (AvgIpc) is 2.39. The van der Waals surface area contributed by atoms with Crippen molar-refractivity contribution < 1.29 is 4.39 Å². The van der Waals surface area contributed by atoms with Gasteiger partial charge in [-0.25, -0.2) is 4.39 Å². The van der Waals surface area contributed by atoms with Crippen LogP contribution in [0.1, 0.15) is 22.7 Å². The maximum Gasteiger partial charge on any atom is 0.123 e. The summed E-state index contributed by atoms with van der Waals surface area (Å²) in [6.07, 6.45) is 4.75. The van der Waals surface area contributed by atoms with E-state index in [0.29, 0.717) is 0 Å². The molecule has 0 saturated carbocycles. The molecule has 0 radical (unpaired) electrons. The van der Waals surface area contributed by atoms with Crippen LogP contribution in [0.2, 0.25) is 0 Å². The van der Waals surface area contributed by atoms with Gasteiger partial charge in [0.25, 0.3) is 0 Å². The molecule has 2 nitrogen and oxygen atoms in total. The lowest BCUT2D eigenvalue weighted by molar-refractivity contribution is 0.563.